The van der Waals surface area contributed by atoms with E-state index in [2.05, 4.69) is 20.4 Å². The molecule has 0 spiro atoms. The number of halogens is 1. The van der Waals surface area contributed by atoms with Crippen LogP contribution >= 0.6 is 23.8 Å². The first-order valence-electron chi connectivity index (χ1n) is 11.1. The maximum absolute atomic E-state index is 12.8. The van der Waals surface area contributed by atoms with Gasteiger partial charge in [-0.05, 0) is 74.0 Å². The number of rotatable bonds is 9. The summed E-state index contributed by atoms with van der Waals surface area (Å²) in [7, 11) is 1.63. The molecule has 0 aliphatic carbocycles. The van der Waals surface area contributed by atoms with Crippen molar-refractivity contribution in [3.63, 3.8) is 0 Å². The van der Waals surface area contributed by atoms with E-state index in [4.69, 9.17) is 28.6 Å². The Morgan fingerprint density at radius 3 is 2.64 bits per heavy atom. The molecule has 4 rings (SSSR count). The second-order valence-electron chi connectivity index (χ2n) is 8.07. The normalized spacial score (nSPS) is 14.8. The third kappa shape index (κ3) is 5.63. The van der Waals surface area contributed by atoms with Crippen molar-refractivity contribution in [2.75, 3.05) is 26.7 Å². The number of H-pyrrole nitrogens is 1. The van der Waals surface area contributed by atoms with Crippen molar-refractivity contribution in [3.05, 3.63) is 63.9 Å². The summed E-state index contributed by atoms with van der Waals surface area (Å²) < 4.78 is 7.56. The van der Waals surface area contributed by atoms with E-state index in [0.29, 0.717) is 30.1 Å². The summed E-state index contributed by atoms with van der Waals surface area (Å²) in [6.45, 7) is 2.98. The number of hydrogen-bond acceptors (Lipinski definition) is 5. The lowest BCUT2D eigenvalue weighted by molar-refractivity contribution is -0.121. The number of nitrogens with zero attached hydrogens (tertiary/aromatic N) is 3. The molecule has 1 aliphatic rings. The number of carbonyl (C=O) groups is 1. The fourth-order valence-corrected chi connectivity index (χ4v) is 4.72. The quantitative estimate of drug-likeness (QED) is 0.433. The molecular weight excluding hydrogens is 458 g/mol. The van der Waals surface area contributed by atoms with Crippen LogP contribution in [0.2, 0.25) is 5.02 Å². The van der Waals surface area contributed by atoms with Crippen LogP contribution in [0.15, 0.2) is 48.5 Å². The van der Waals surface area contributed by atoms with Crippen molar-refractivity contribution in [1.82, 2.24) is 25.0 Å². The molecule has 0 radical (unpaired) electrons. The van der Waals surface area contributed by atoms with Gasteiger partial charge in [0, 0.05) is 30.1 Å². The van der Waals surface area contributed by atoms with Crippen molar-refractivity contribution < 1.29 is 9.53 Å². The molecule has 1 aliphatic heterocycles. The van der Waals surface area contributed by atoms with E-state index in [0.717, 1.165) is 35.0 Å². The van der Waals surface area contributed by atoms with Gasteiger partial charge >= 0.3 is 0 Å². The van der Waals surface area contributed by atoms with Gasteiger partial charge in [0.15, 0.2) is 10.6 Å². The number of ether oxygens (including phenoxy) is 1. The second kappa shape index (κ2) is 11.0. The van der Waals surface area contributed by atoms with Crippen molar-refractivity contribution in [3.8, 4) is 17.1 Å². The standard InChI is InChI=1S/C24H28ClN5O2S/c1-32-18-10-8-17(9-11-18)23-27-28-24(33)30(23)15-12-22(31)26-16-21(29-13-4-5-14-29)19-6-2-3-7-20(19)25/h2-3,6-11,21H,4-5,12-16H2,1H3,(H,26,31)(H,28,33). The van der Waals surface area contributed by atoms with Crippen LogP contribution in [0.4, 0.5) is 0 Å². The Balaban J connectivity index is 1.40. The SMILES string of the molecule is COc1ccc(-c2n[nH]c(=S)n2CCC(=O)NCC(c2ccccc2Cl)N2CCCC2)cc1. The topological polar surface area (TPSA) is 75.2 Å². The third-order valence-corrected chi connectivity index (χ3v) is 6.66. The summed E-state index contributed by atoms with van der Waals surface area (Å²) in [4.78, 5) is 15.2. The maximum Gasteiger partial charge on any atom is 0.221 e. The van der Waals surface area contributed by atoms with Crippen LogP contribution in [0.25, 0.3) is 11.4 Å². The lowest BCUT2D eigenvalue weighted by atomic mass is 10.1. The summed E-state index contributed by atoms with van der Waals surface area (Å²) in [5, 5.41) is 11.0. The Bertz CT molecular complexity index is 1140. The van der Waals surface area contributed by atoms with E-state index in [9.17, 15) is 4.79 Å². The summed E-state index contributed by atoms with van der Waals surface area (Å²) in [5.41, 5.74) is 1.96. The van der Waals surface area contributed by atoms with Gasteiger partial charge in [0.25, 0.3) is 0 Å². The van der Waals surface area contributed by atoms with Crippen molar-refractivity contribution >= 4 is 29.7 Å². The number of likely N-dealkylation sites (tertiary alicyclic amines) is 1. The van der Waals surface area contributed by atoms with Gasteiger partial charge in [0.2, 0.25) is 5.91 Å². The molecule has 1 atom stereocenters. The lowest BCUT2D eigenvalue weighted by Crippen LogP contribution is -2.37. The molecule has 2 N–H and O–H groups in total. The first kappa shape index (κ1) is 23.5. The summed E-state index contributed by atoms with van der Waals surface area (Å²) in [6, 6.07) is 15.5. The molecule has 2 aromatic carbocycles. The number of aromatic amines is 1. The number of benzene rings is 2. The van der Waals surface area contributed by atoms with Crippen LogP contribution in [-0.2, 0) is 11.3 Å². The molecule has 3 aromatic rings. The number of carbonyl (C=O) groups excluding carboxylic acids is 1. The zero-order chi connectivity index (χ0) is 23.2. The molecule has 7 nitrogen and oxygen atoms in total. The van der Waals surface area contributed by atoms with Crippen molar-refractivity contribution in [1.29, 1.82) is 0 Å². The molecule has 1 amide bonds. The van der Waals surface area contributed by atoms with Gasteiger partial charge < -0.3 is 10.1 Å². The number of methoxy groups -OCH3 is 1. The largest absolute Gasteiger partial charge is 0.497 e. The van der Waals surface area contributed by atoms with Crippen LogP contribution < -0.4 is 10.1 Å². The summed E-state index contributed by atoms with van der Waals surface area (Å²) >= 11 is 11.9. The molecule has 9 heteroatoms. The minimum Gasteiger partial charge on any atom is -0.497 e. The van der Waals surface area contributed by atoms with Crippen LogP contribution in [0.3, 0.4) is 0 Å². The van der Waals surface area contributed by atoms with Crippen LogP contribution in [-0.4, -0.2) is 52.3 Å². The van der Waals surface area contributed by atoms with Crippen molar-refractivity contribution in [2.24, 2.45) is 0 Å². The molecule has 1 saturated heterocycles. The van der Waals surface area contributed by atoms with Gasteiger partial charge in [0.1, 0.15) is 5.75 Å². The third-order valence-electron chi connectivity index (χ3n) is 6.01. The highest BCUT2D eigenvalue weighted by Crippen LogP contribution is 2.29. The number of amides is 1. The molecule has 2 heterocycles. The highest BCUT2D eigenvalue weighted by molar-refractivity contribution is 7.71. The fraction of sp³-hybridized carbons (Fsp3) is 0.375. The van der Waals surface area contributed by atoms with E-state index < -0.39 is 0 Å². The Labute approximate surface area is 203 Å². The number of hydrogen-bond donors (Lipinski definition) is 2. The smallest absolute Gasteiger partial charge is 0.221 e. The zero-order valence-corrected chi connectivity index (χ0v) is 20.2. The molecule has 0 bridgehead atoms. The van der Waals surface area contributed by atoms with E-state index in [1.165, 1.54) is 12.8 Å². The number of aromatic nitrogens is 3. The van der Waals surface area contributed by atoms with Gasteiger partial charge in [0.05, 0.1) is 13.2 Å². The molecule has 174 valence electrons. The van der Waals surface area contributed by atoms with E-state index in [1.807, 2.05) is 53.1 Å². The zero-order valence-electron chi connectivity index (χ0n) is 18.6. The van der Waals surface area contributed by atoms with Gasteiger partial charge in [-0.3, -0.25) is 19.4 Å². The molecule has 1 fully saturated rings. The highest BCUT2D eigenvalue weighted by atomic mass is 35.5. The highest BCUT2D eigenvalue weighted by Gasteiger charge is 2.25. The minimum absolute atomic E-state index is 0.0324. The van der Waals surface area contributed by atoms with Gasteiger partial charge in [-0.2, -0.15) is 5.10 Å². The number of nitrogens with one attached hydrogen (secondary N) is 2. The first-order valence-corrected chi connectivity index (χ1v) is 11.9. The second-order valence-corrected chi connectivity index (χ2v) is 8.86. The fourth-order valence-electron chi connectivity index (χ4n) is 4.23. The molecule has 1 unspecified atom stereocenters. The van der Waals surface area contributed by atoms with E-state index in [1.54, 1.807) is 7.11 Å². The Morgan fingerprint density at radius 2 is 1.94 bits per heavy atom. The van der Waals surface area contributed by atoms with Crippen LogP contribution in [0.5, 0.6) is 5.75 Å². The van der Waals surface area contributed by atoms with Crippen LogP contribution in [0, 0.1) is 4.77 Å². The van der Waals surface area contributed by atoms with E-state index >= 15 is 0 Å². The Hall–Kier alpha value is -2.68. The lowest BCUT2D eigenvalue weighted by Gasteiger charge is -2.29. The van der Waals surface area contributed by atoms with Gasteiger partial charge in [-0.1, -0.05) is 29.8 Å². The van der Waals surface area contributed by atoms with E-state index in [-0.39, 0.29) is 11.9 Å². The first-order chi connectivity index (χ1) is 16.1. The molecule has 1 aromatic heterocycles. The van der Waals surface area contributed by atoms with Crippen LogP contribution in [0.1, 0.15) is 30.9 Å². The van der Waals surface area contributed by atoms with Gasteiger partial charge in [-0.15, -0.1) is 0 Å². The summed E-state index contributed by atoms with van der Waals surface area (Å²) in [5.74, 6) is 1.43. The molecular formula is C24H28ClN5O2S. The maximum atomic E-state index is 12.8. The molecule has 0 saturated carbocycles. The minimum atomic E-state index is -0.0324. The Morgan fingerprint density at radius 1 is 1.21 bits per heavy atom. The van der Waals surface area contributed by atoms with Gasteiger partial charge in [-0.25, -0.2) is 0 Å². The average molecular weight is 486 g/mol. The summed E-state index contributed by atoms with van der Waals surface area (Å²) in [6.07, 6.45) is 2.63. The monoisotopic (exact) mass is 485 g/mol. The predicted molar refractivity (Wildman–Crippen MR) is 132 cm³/mol. The average Bonchev–Trinajstić information content (AvgIpc) is 3.49. The molecule has 33 heavy (non-hydrogen) atoms. The Kier molecular flexibility index (Phi) is 7.80. The predicted octanol–water partition coefficient (Wildman–Crippen LogP) is 4.61. The van der Waals surface area contributed by atoms with Crippen molar-refractivity contribution in [2.45, 2.75) is 31.8 Å².